The molecule has 3 nitrogen and oxygen atoms in total. The minimum absolute atomic E-state index is 0.429. The van der Waals surface area contributed by atoms with Gasteiger partial charge in [-0.3, -0.25) is 0 Å². The normalized spacial score (nSPS) is 16.3. The van der Waals surface area contributed by atoms with E-state index in [0.717, 1.165) is 23.6 Å². The third-order valence-corrected chi connectivity index (χ3v) is 3.86. The molecule has 1 aliphatic rings. The van der Waals surface area contributed by atoms with Crippen molar-refractivity contribution in [2.45, 2.75) is 39.5 Å². The Morgan fingerprint density at radius 2 is 2.22 bits per heavy atom. The Morgan fingerprint density at radius 1 is 1.50 bits per heavy atom. The summed E-state index contributed by atoms with van der Waals surface area (Å²) in [6.07, 6.45) is 5.22. The van der Waals surface area contributed by atoms with Gasteiger partial charge < -0.3 is 11.1 Å². The minimum atomic E-state index is 0.429. The molecule has 0 amide bonds. The summed E-state index contributed by atoms with van der Waals surface area (Å²) in [5.41, 5.74) is 8.02. The summed E-state index contributed by atoms with van der Waals surface area (Å²) < 4.78 is 0. The molecule has 0 unspecified atom stereocenters. The first-order chi connectivity index (χ1) is 8.54. The number of nitrogens with one attached hydrogen (secondary N) is 1. The first-order valence-corrected chi connectivity index (χ1v) is 6.98. The van der Waals surface area contributed by atoms with Crippen LogP contribution in [0.5, 0.6) is 0 Å². The van der Waals surface area contributed by atoms with Crippen LogP contribution in [-0.4, -0.2) is 16.5 Å². The van der Waals surface area contributed by atoms with Crippen molar-refractivity contribution in [3.63, 3.8) is 0 Å². The van der Waals surface area contributed by atoms with Crippen LogP contribution in [0.2, 0.25) is 0 Å². The molecule has 1 aromatic heterocycles. The lowest BCUT2D eigenvalue weighted by atomic mass is 10.0. The van der Waals surface area contributed by atoms with Crippen molar-refractivity contribution in [2.75, 3.05) is 11.9 Å². The van der Waals surface area contributed by atoms with Gasteiger partial charge in [-0.05, 0) is 43.7 Å². The zero-order valence-electron chi connectivity index (χ0n) is 11.1. The van der Waals surface area contributed by atoms with E-state index in [0.29, 0.717) is 10.4 Å². The second kappa shape index (κ2) is 5.22. The van der Waals surface area contributed by atoms with Gasteiger partial charge in [0.05, 0.1) is 0 Å². The van der Waals surface area contributed by atoms with Gasteiger partial charge in [0, 0.05) is 17.8 Å². The first-order valence-electron chi connectivity index (χ1n) is 6.57. The van der Waals surface area contributed by atoms with E-state index in [4.69, 9.17) is 18.0 Å². The quantitative estimate of drug-likeness (QED) is 0.775. The van der Waals surface area contributed by atoms with Crippen molar-refractivity contribution in [1.29, 1.82) is 0 Å². The standard InChI is InChI=1S/C14H21N3S/c1-3-4-14(5-6-14)9-16-12-8-11(13(15)18)7-10(2)17-12/h7-8H,3-6,9H2,1-2H3,(H2,15,18)(H,16,17). The summed E-state index contributed by atoms with van der Waals surface area (Å²) in [5, 5.41) is 3.44. The summed E-state index contributed by atoms with van der Waals surface area (Å²) in [4.78, 5) is 4.91. The van der Waals surface area contributed by atoms with Crippen molar-refractivity contribution in [3.05, 3.63) is 23.4 Å². The van der Waals surface area contributed by atoms with Crippen LogP contribution in [0.1, 0.15) is 43.9 Å². The summed E-state index contributed by atoms with van der Waals surface area (Å²) >= 11 is 5.02. The van der Waals surface area contributed by atoms with E-state index in [-0.39, 0.29) is 0 Å². The molecule has 0 saturated heterocycles. The summed E-state index contributed by atoms with van der Waals surface area (Å²) in [5.74, 6) is 0.889. The molecule has 3 N–H and O–H groups in total. The van der Waals surface area contributed by atoms with Crippen molar-refractivity contribution < 1.29 is 0 Å². The van der Waals surface area contributed by atoms with Gasteiger partial charge in [0.25, 0.3) is 0 Å². The molecule has 2 rings (SSSR count). The average Bonchev–Trinajstić information content (AvgIpc) is 3.07. The second-order valence-electron chi connectivity index (χ2n) is 5.35. The van der Waals surface area contributed by atoms with Crippen LogP contribution in [0.15, 0.2) is 12.1 Å². The predicted octanol–water partition coefficient (Wildman–Crippen LogP) is 3.02. The molecule has 0 bridgehead atoms. The number of rotatable bonds is 6. The summed E-state index contributed by atoms with van der Waals surface area (Å²) in [6.45, 7) is 5.22. The van der Waals surface area contributed by atoms with Gasteiger partial charge in [-0.2, -0.15) is 0 Å². The Labute approximate surface area is 114 Å². The Bertz CT molecular complexity index is 452. The minimum Gasteiger partial charge on any atom is -0.389 e. The number of pyridine rings is 1. The van der Waals surface area contributed by atoms with Crippen LogP contribution in [-0.2, 0) is 0 Å². The van der Waals surface area contributed by atoms with Crippen LogP contribution in [0.3, 0.4) is 0 Å². The zero-order valence-corrected chi connectivity index (χ0v) is 11.9. The third-order valence-electron chi connectivity index (χ3n) is 3.62. The van der Waals surface area contributed by atoms with Gasteiger partial charge >= 0.3 is 0 Å². The van der Waals surface area contributed by atoms with Crippen molar-refractivity contribution in [2.24, 2.45) is 11.1 Å². The molecule has 1 aliphatic carbocycles. The SMILES string of the molecule is CCCC1(CNc2cc(C(N)=S)cc(C)n2)CC1. The molecule has 0 radical (unpaired) electrons. The van der Waals surface area contributed by atoms with Crippen LogP contribution < -0.4 is 11.1 Å². The second-order valence-corrected chi connectivity index (χ2v) is 5.79. The van der Waals surface area contributed by atoms with E-state index in [9.17, 15) is 0 Å². The molecule has 1 aromatic rings. The Balaban J connectivity index is 2.03. The molecular formula is C14H21N3S. The number of aryl methyl sites for hydroxylation is 1. The van der Waals surface area contributed by atoms with Crippen molar-refractivity contribution >= 4 is 23.0 Å². The molecule has 0 spiro atoms. The first kappa shape index (κ1) is 13.3. The molecule has 1 fully saturated rings. The highest BCUT2D eigenvalue weighted by Crippen LogP contribution is 2.49. The highest BCUT2D eigenvalue weighted by atomic mass is 32.1. The maximum absolute atomic E-state index is 5.67. The van der Waals surface area contributed by atoms with Crippen molar-refractivity contribution in [1.82, 2.24) is 4.98 Å². The summed E-state index contributed by atoms with van der Waals surface area (Å²) in [6, 6.07) is 3.86. The largest absolute Gasteiger partial charge is 0.389 e. The maximum atomic E-state index is 5.67. The molecule has 98 valence electrons. The lowest BCUT2D eigenvalue weighted by Crippen LogP contribution is -2.17. The molecule has 4 heteroatoms. The Morgan fingerprint density at radius 3 is 2.78 bits per heavy atom. The summed E-state index contributed by atoms with van der Waals surface area (Å²) in [7, 11) is 0. The third kappa shape index (κ3) is 3.19. The molecular weight excluding hydrogens is 242 g/mol. The molecule has 1 heterocycles. The highest BCUT2D eigenvalue weighted by Gasteiger charge is 2.41. The maximum Gasteiger partial charge on any atom is 0.126 e. The fraction of sp³-hybridized carbons (Fsp3) is 0.571. The van der Waals surface area contributed by atoms with Gasteiger partial charge in [0.2, 0.25) is 0 Å². The molecule has 0 aliphatic heterocycles. The van der Waals surface area contributed by atoms with Crippen LogP contribution in [0.25, 0.3) is 0 Å². The van der Waals surface area contributed by atoms with Gasteiger partial charge in [-0.25, -0.2) is 4.98 Å². The smallest absolute Gasteiger partial charge is 0.126 e. The van der Waals surface area contributed by atoms with E-state index in [1.807, 2.05) is 19.1 Å². The predicted molar refractivity (Wildman–Crippen MR) is 79.9 cm³/mol. The van der Waals surface area contributed by atoms with Gasteiger partial charge in [-0.15, -0.1) is 0 Å². The number of hydrogen-bond acceptors (Lipinski definition) is 3. The highest BCUT2D eigenvalue weighted by molar-refractivity contribution is 7.80. The van der Waals surface area contributed by atoms with E-state index in [1.165, 1.54) is 25.7 Å². The monoisotopic (exact) mass is 263 g/mol. The Hall–Kier alpha value is -1.16. The molecule has 0 atom stereocenters. The van der Waals surface area contributed by atoms with Crippen LogP contribution in [0.4, 0.5) is 5.82 Å². The van der Waals surface area contributed by atoms with Gasteiger partial charge in [0.1, 0.15) is 10.8 Å². The lowest BCUT2D eigenvalue weighted by Gasteiger charge is -2.16. The van der Waals surface area contributed by atoms with Crippen molar-refractivity contribution in [3.8, 4) is 0 Å². The van der Waals surface area contributed by atoms with E-state index >= 15 is 0 Å². The van der Waals surface area contributed by atoms with E-state index in [1.54, 1.807) is 0 Å². The number of nitrogens with zero attached hydrogens (tertiary/aromatic N) is 1. The number of nitrogens with two attached hydrogens (primary N) is 1. The van der Waals surface area contributed by atoms with Gasteiger partial charge in [-0.1, -0.05) is 25.6 Å². The number of aromatic nitrogens is 1. The number of anilines is 1. The average molecular weight is 263 g/mol. The molecule has 18 heavy (non-hydrogen) atoms. The van der Waals surface area contributed by atoms with Crippen LogP contribution in [0, 0.1) is 12.3 Å². The van der Waals surface area contributed by atoms with E-state index < -0.39 is 0 Å². The molecule has 0 aromatic carbocycles. The topological polar surface area (TPSA) is 50.9 Å². The van der Waals surface area contributed by atoms with Gasteiger partial charge in [0.15, 0.2) is 0 Å². The number of hydrogen-bond donors (Lipinski definition) is 2. The zero-order chi connectivity index (χ0) is 13.2. The Kier molecular flexibility index (Phi) is 3.85. The van der Waals surface area contributed by atoms with E-state index in [2.05, 4.69) is 17.2 Å². The molecule has 1 saturated carbocycles. The fourth-order valence-corrected chi connectivity index (χ4v) is 2.52. The fourth-order valence-electron chi connectivity index (χ4n) is 2.40. The van der Waals surface area contributed by atoms with Crippen LogP contribution >= 0.6 is 12.2 Å². The lowest BCUT2D eigenvalue weighted by molar-refractivity contribution is 0.485. The number of thiocarbonyl (C=S) groups is 1.